The third kappa shape index (κ3) is 7.26. The summed E-state index contributed by atoms with van der Waals surface area (Å²) in [5.41, 5.74) is 1.21. The Kier molecular flexibility index (Phi) is 8.75. The zero-order valence-corrected chi connectivity index (χ0v) is 17.8. The monoisotopic (exact) mass is 425 g/mol. The van der Waals surface area contributed by atoms with Crippen molar-refractivity contribution in [3.05, 3.63) is 71.8 Å². The van der Waals surface area contributed by atoms with E-state index in [1.54, 1.807) is 44.2 Å². The molecule has 0 saturated heterocycles. The number of benzene rings is 2. The average molecular weight is 425 g/mol. The Balaban J connectivity index is 2.15. The van der Waals surface area contributed by atoms with Gasteiger partial charge in [0.15, 0.2) is 0 Å². The van der Waals surface area contributed by atoms with Gasteiger partial charge in [-0.05, 0) is 11.5 Å². The summed E-state index contributed by atoms with van der Waals surface area (Å²) in [7, 11) is 1.36. The van der Waals surface area contributed by atoms with Crippen LogP contribution in [0.2, 0.25) is 0 Å². The first kappa shape index (κ1) is 23.6. The van der Waals surface area contributed by atoms with Gasteiger partial charge in [0.2, 0.25) is 12.0 Å². The molecule has 0 spiro atoms. The summed E-state index contributed by atoms with van der Waals surface area (Å²) in [6.07, 6.45) is -1.24. The van der Waals surface area contributed by atoms with E-state index >= 15 is 0 Å². The maximum Gasteiger partial charge on any atom is 0.330 e. The molecule has 0 heterocycles. The lowest BCUT2D eigenvalue weighted by Crippen LogP contribution is -2.48. The molecule has 4 amide bonds. The normalized spacial score (nSPS) is 12.4. The minimum absolute atomic E-state index is 0.108. The number of carbonyl (C=O) groups excluding carboxylic acids is 4. The zero-order chi connectivity index (χ0) is 22.8. The molecule has 31 heavy (non-hydrogen) atoms. The van der Waals surface area contributed by atoms with Gasteiger partial charge in [0.25, 0.3) is 5.91 Å². The molecule has 2 aromatic carbocycles. The second-order valence-corrected chi connectivity index (χ2v) is 7.25. The number of amides is 4. The summed E-state index contributed by atoms with van der Waals surface area (Å²) in [5.74, 6) is -2.19. The maximum absolute atomic E-state index is 12.9. The third-order valence-electron chi connectivity index (χ3n) is 4.48. The van der Waals surface area contributed by atoms with Gasteiger partial charge in [-0.2, -0.15) is 0 Å². The molecule has 0 unspecified atom stereocenters. The number of hydrogen-bond acceptors (Lipinski definition) is 5. The van der Waals surface area contributed by atoms with Gasteiger partial charge in [0, 0.05) is 12.6 Å². The van der Waals surface area contributed by atoms with Crippen molar-refractivity contribution >= 4 is 23.8 Å². The van der Waals surface area contributed by atoms with Gasteiger partial charge in [-0.15, -0.1) is 0 Å². The summed E-state index contributed by atoms with van der Waals surface area (Å²) in [6, 6.07) is 15.8. The predicted molar refractivity (Wildman–Crippen MR) is 115 cm³/mol. The summed E-state index contributed by atoms with van der Waals surface area (Å²) >= 11 is 0. The van der Waals surface area contributed by atoms with Crippen LogP contribution in [0.1, 0.15) is 31.1 Å². The highest BCUT2D eigenvalue weighted by Gasteiger charge is 2.32. The lowest BCUT2D eigenvalue weighted by molar-refractivity contribution is -0.160. The second-order valence-electron chi connectivity index (χ2n) is 7.25. The molecule has 164 valence electrons. The molecule has 8 heteroatoms. The molecular formula is C23H27N3O5. The first-order chi connectivity index (χ1) is 14.8. The number of esters is 1. The lowest BCUT2D eigenvalue weighted by Gasteiger charge is -2.24. The van der Waals surface area contributed by atoms with E-state index in [1.807, 2.05) is 30.3 Å². The molecule has 0 saturated carbocycles. The molecule has 8 nitrogen and oxygen atoms in total. The van der Waals surface area contributed by atoms with Crippen molar-refractivity contribution in [2.45, 2.75) is 32.4 Å². The molecule has 0 radical (unpaired) electrons. The molecule has 2 atom stereocenters. The van der Waals surface area contributed by atoms with E-state index in [4.69, 9.17) is 4.74 Å². The number of carbonyl (C=O) groups is 4. The number of imide groups is 1. The molecule has 0 aromatic heterocycles. The summed E-state index contributed by atoms with van der Waals surface area (Å²) in [4.78, 5) is 49.5. The van der Waals surface area contributed by atoms with E-state index in [9.17, 15) is 19.2 Å². The van der Waals surface area contributed by atoms with Gasteiger partial charge in [-0.1, -0.05) is 74.5 Å². The first-order valence-electron chi connectivity index (χ1n) is 9.93. The number of urea groups is 1. The van der Waals surface area contributed by atoms with Crippen LogP contribution in [0.4, 0.5) is 4.79 Å². The van der Waals surface area contributed by atoms with Gasteiger partial charge in [-0.3, -0.25) is 14.9 Å². The number of ether oxygens (including phenoxy) is 1. The van der Waals surface area contributed by atoms with E-state index < -0.39 is 30.1 Å². The van der Waals surface area contributed by atoms with Crippen molar-refractivity contribution in [1.29, 1.82) is 0 Å². The molecule has 0 aliphatic carbocycles. The Labute approximate surface area is 181 Å². The number of hydrogen-bond donors (Lipinski definition) is 3. The maximum atomic E-state index is 12.9. The van der Waals surface area contributed by atoms with Crippen LogP contribution in [0.3, 0.4) is 0 Å². The average Bonchev–Trinajstić information content (AvgIpc) is 2.76. The summed E-state index contributed by atoms with van der Waals surface area (Å²) < 4.78 is 5.47. The molecule has 0 aliphatic rings. The fourth-order valence-electron chi connectivity index (χ4n) is 2.83. The molecule has 3 N–H and O–H groups in total. The Bertz CT molecular complexity index is 900. The fourth-order valence-corrected chi connectivity index (χ4v) is 2.83. The van der Waals surface area contributed by atoms with E-state index in [0.717, 1.165) is 5.56 Å². The van der Waals surface area contributed by atoms with Crippen LogP contribution in [0.25, 0.3) is 0 Å². The van der Waals surface area contributed by atoms with Gasteiger partial charge in [-0.25, -0.2) is 9.59 Å². The smallest absolute Gasteiger partial charge is 0.330 e. The summed E-state index contributed by atoms with van der Waals surface area (Å²) in [5, 5.41) is 7.09. The van der Waals surface area contributed by atoms with Gasteiger partial charge in [0.05, 0.1) is 6.42 Å². The minimum Gasteiger partial charge on any atom is -0.446 e. The van der Waals surface area contributed by atoms with Crippen LogP contribution in [0.15, 0.2) is 60.7 Å². The summed E-state index contributed by atoms with van der Waals surface area (Å²) in [6.45, 7) is 3.52. The van der Waals surface area contributed by atoms with Crippen molar-refractivity contribution in [2.75, 3.05) is 7.05 Å². The second kappa shape index (κ2) is 11.5. The molecule has 0 fully saturated rings. The first-order valence-corrected chi connectivity index (χ1v) is 9.93. The van der Waals surface area contributed by atoms with Crippen molar-refractivity contribution in [1.82, 2.24) is 16.0 Å². The molecule has 2 rings (SSSR count). The number of rotatable bonds is 8. The van der Waals surface area contributed by atoms with E-state index in [2.05, 4.69) is 16.0 Å². The number of nitrogens with one attached hydrogen (secondary N) is 3. The van der Waals surface area contributed by atoms with Crippen LogP contribution in [-0.2, 0) is 25.5 Å². The van der Waals surface area contributed by atoms with Gasteiger partial charge in [0.1, 0.15) is 6.04 Å². The van der Waals surface area contributed by atoms with Crippen LogP contribution >= 0.6 is 0 Å². The molecule has 0 bridgehead atoms. The standard InChI is InChI=1S/C23H27N3O5/c1-15(2)19(25-18(27)14-16-10-6-4-7-11-16)22(29)31-20(17-12-8-5-9-13-17)21(28)26-23(30)24-3/h4-13,15,19-20H,14H2,1-3H3,(H,25,27)(H2,24,26,28,30)/t19-,20-/m0/s1. The van der Waals surface area contributed by atoms with Crippen molar-refractivity contribution in [3.8, 4) is 0 Å². The van der Waals surface area contributed by atoms with E-state index in [1.165, 1.54) is 7.05 Å². The van der Waals surface area contributed by atoms with Crippen molar-refractivity contribution < 1.29 is 23.9 Å². The van der Waals surface area contributed by atoms with Crippen LogP contribution in [0, 0.1) is 5.92 Å². The zero-order valence-electron chi connectivity index (χ0n) is 17.8. The minimum atomic E-state index is -1.35. The third-order valence-corrected chi connectivity index (χ3v) is 4.48. The predicted octanol–water partition coefficient (Wildman–Crippen LogP) is 2.11. The van der Waals surface area contributed by atoms with E-state index in [-0.39, 0.29) is 18.2 Å². The van der Waals surface area contributed by atoms with E-state index in [0.29, 0.717) is 5.56 Å². The largest absolute Gasteiger partial charge is 0.446 e. The molecule has 0 aliphatic heterocycles. The van der Waals surface area contributed by atoms with Gasteiger partial charge < -0.3 is 15.4 Å². The van der Waals surface area contributed by atoms with Crippen LogP contribution < -0.4 is 16.0 Å². The molecule has 2 aromatic rings. The topological polar surface area (TPSA) is 114 Å². The highest BCUT2D eigenvalue weighted by atomic mass is 16.5. The Hall–Kier alpha value is -3.68. The van der Waals surface area contributed by atoms with Crippen LogP contribution in [-0.4, -0.2) is 36.9 Å². The SMILES string of the molecule is CNC(=O)NC(=O)[C@@H](OC(=O)[C@@H](NC(=O)Cc1ccccc1)C(C)C)c1ccccc1. The Morgan fingerprint density at radius 2 is 1.48 bits per heavy atom. The van der Waals surface area contributed by atoms with Crippen LogP contribution in [0.5, 0.6) is 0 Å². The van der Waals surface area contributed by atoms with Crippen molar-refractivity contribution in [3.63, 3.8) is 0 Å². The quantitative estimate of drug-likeness (QED) is 0.561. The van der Waals surface area contributed by atoms with Gasteiger partial charge >= 0.3 is 12.0 Å². The highest BCUT2D eigenvalue weighted by Crippen LogP contribution is 2.20. The molecular weight excluding hydrogens is 398 g/mol. The fraction of sp³-hybridized carbons (Fsp3) is 0.304. The lowest BCUT2D eigenvalue weighted by atomic mass is 10.0. The van der Waals surface area contributed by atoms with Crippen molar-refractivity contribution in [2.24, 2.45) is 5.92 Å². The Morgan fingerprint density at radius 3 is 2.03 bits per heavy atom. The highest BCUT2D eigenvalue weighted by molar-refractivity contribution is 5.98. The Morgan fingerprint density at radius 1 is 0.903 bits per heavy atom.